The van der Waals surface area contributed by atoms with Crippen molar-refractivity contribution in [3.63, 3.8) is 0 Å². The first-order chi connectivity index (χ1) is 12.4. The summed E-state index contributed by atoms with van der Waals surface area (Å²) in [5, 5.41) is 2.56. The number of nitrogens with zero attached hydrogens (tertiary/aromatic N) is 2. The second-order valence-electron chi connectivity index (χ2n) is 6.33. The van der Waals surface area contributed by atoms with Gasteiger partial charge in [0.1, 0.15) is 4.83 Å². The quantitative estimate of drug-likeness (QED) is 0.534. The number of rotatable bonds is 4. The molecule has 26 heavy (non-hydrogen) atoms. The van der Waals surface area contributed by atoms with Crippen molar-refractivity contribution in [1.82, 2.24) is 14.5 Å². The third kappa shape index (κ3) is 2.83. The van der Waals surface area contributed by atoms with E-state index in [2.05, 4.69) is 9.97 Å². The minimum absolute atomic E-state index is 0.0152. The molecule has 132 valence electrons. The summed E-state index contributed by atoms with van der Waals surface area (Å²) in [6, 6.07) is 5.88. The maximum absolute atomic E-state index is 13.0. The Balaban J connectivity index is 1.77. The molecule has 0 fully saturated rings. The average Bonchev–Trinajstić information content (AvgIpc) is 3.28. The highest BCUT2D eigenvalue weighted by Gasteiger charge is 2.17. The lowest BCUT2D eigenvalue weighted by Crippen LogP contribution is -2.24. The number of aromatic nitrogens is 3. The van der Waals surface area contributed by atoms with Crippen LogP contribution in [0.25, 0.3) is 20.7 Å². The number of hydrogen-bond donors (Lipinski definition) is 1. The van der Waals surface area contributed by atoms with E-state index < -0.39 is 0 Å². The standard InChI is InChI=1S/C19H17N3O2S2/c1-10-6-13(12(3)21-10)15(23)7-22-9-20-18-17(19(22)24)14(8-25-18)16-5-4-11(2)26-16/h4-6,8-9,21H,7H2,1-3H3. The number of nitrogens with one attached hydrogen (secondary N) is 1. The van der Waals surface area contributed by atoms with Gasteiger partial charge in [0.05, 0.1) is 18.3 Å². The Morgan fingerprint density at radius 1 is 1.27 bits per heavy atom. The smallest absolute Gasteiger partial charge is 0.263 e. The number of fused-ring (bicyclic) bond motifs is 1. The van der Waals surface area contributed by atoms with Gasteiger partial charge in [-0.15, -0.1) is 22.7 Å². The Hall–Kier alpha value is -2.51. The summed E-state index contributed by atoms with van der Waals surface area (Å²) in [6.45, 7) is 5.79. The number of Topliss-reactive ketones (excluding diaryl/α,β-unsaturated/α-hetero) is 1. The number of aryl methyl sites for hydroxylation is 3. The second kappa shape index (κ2) is 6.34. The molecule has 0 radical (unpaired) electrons. The van der Waals surface area contributed by atoms with Gasteiger partial charge in [-0.05, 0) is 39.0 Å². The van der Waals surface area contributed by atoms with Crippen LogP contribution in [0.3, 0.4) is 0 Å². The summed E-state index contributed by atoms with van der Waals surface area (Å²) in [7, 11) is 0. The van der Waals surface area contributed by atoms with Gasteiger partial charge in [-0.1, -0.05) is 0 Å². The van der Waals surface area contributed by atoms with Gasteiger partial charge in [-0.3, -0.25) is 14.2 Å². The lowest BCUT2D eigenvalue weighted by atomic mass is 10.1. The van der Waals surface area contributed by atoms with Crippen molar-refractivity contribution in [1.29, 1.82) is 0 Å². The van der Waals surface area contributed by atoms with E-state index in [4.69, 9.17) is 0 Å². The number of carbonyl (C=O) groups is 1. The van der Waals surface area contributed by atoms with Gasteiger partial charge in [0.2, 0.25) is 0 Å². The molecule has 7 heteroatoms. The van der Waals surface area contributed by atoms with Gasteiger partial charge < -0.3 is 4.98 Å². The number of hydrogen-bond acceptors (Lipinski definition) is 5. The minimum atomic E-state index is -0.171. The fraction of sp³-hybridized carbons (Fsp3) is 0.211. The van der Waals surface area contributed by atoms with E-state index in [1.165, 1.54) is 27.1 Å². The summed E-state index contributed by atoms with van der Waals surface area (Å²) in [5.41, 5.74) is 3.10. The highest BCUT2D eigenvalue weighted by atomic mass is 32.1. The Kier molecular flexibility index (Phi) is 4.13. The Morgan fingerprint density at radius 2 is 2.08 bits per heavy atom. The average molecular weight is 383 g/mol. The molecular weight excluding hydrogens is 366 g/mol. The van der Waals surface area contributed by atoms with Crippen molar-refractivity contribution >= 4 is 38.7 Å². The minimum Gasteiger partial charge on any atom is -0.362 e. The van der Waals surface area contributed by atoms with Gasteiger partial charge in [-0.2, -0.15) is 0 Å². The number of carbonyl (C=O) groups excluding carboxylic acids is 1. The molecule has 4 aromatic heterocycles. The number of aromatic amines is 1. The molecular formula is C19H17N3O2S2. The Morgan fingerprint density at radius 3 is 2.73 bits per heavy atom. The van der Waals surface area contributed by atoms with Gasteiger partial charge in [0, 0.05) is 37.6 Å². The Labute approximate surface area is 158 Å². The first-order valence-corrected chi connectivity index (χ1v) is 9.86. The third-order valence-electron chi connectivity index (χ3n) is 4.33. The first kappa shape index (κ1) is 16.9. The molecule has 0 unspecified atom stereocenters. The van der Waals surface area contributed by atoms with Gasteiger partial charge in [-0.25, -0.2) is 4.98 Å². The van der Waals surface area contributed by atoms with Crippen molar-refractivity contribution in [3.8, 4) is 10.4 Å². The highest BCUT2D eigenvalue weighted by molar-refractivity contribution is 7.19. The SMILES string of the molecule is Cc1cc(C(=O)Cn2cnc3scc(-c4ccc(C)s4)c3c2=O)c(C)[nH]1. The number of thiophene rings is 2. The third-order valence-corrected chi connectivity index (χ3v) is 6.25. The molecule has 0 bridgehead atoms. The molecule has 0 aromatic carbocycles. The largest absolute Gasteiger partial charge is 0.362 e. The predicted octanol–water partition coefficient (Wildman–Crippen LogP) is 4.32. The molecule has 0 saturated carbocycles. The lowest BCUT2D eigenvalue weighted by molar-refractivity contribution is 0.0970. The molecule has 0 spiro atoms. The summed E-state index contributed by atoms with van der Waals surface area (Å²) < 4.78 is 1.41. The maximum Gasteiger partial charge on any atom is 0.263 e. The van der Waals surface area contributed by atoms with Crippen molar-refractivity contribution in [2.75, 3.05) is 0 Å². The van der Waals surface area contributed by atoms with Gasteiger partial charge in [0.25, 0.3) is 5.56 Å². The van der Waals surface area contributed by atoms with Crippen LogP contribution in [0, 0.1) is 20.8 Å². The van der Waals surface area contributed by atoms with E-state index in [0.717, 1.165) is 21.8 Å². The Bertz CT molecular complexity index is 1190. The van der Waals surface area contributed by atoms with Crippen LogP contribution >= 0.6 is 22.7 Å². The molecule has 0 aliphatic rings. The fourth-order valence-electron chi connectivity index (χ4n) is 3.09. The first-order valence-electron chi connectivity index (χ1n) is 8.17. The van der Waals surface area contributed by atoms with Crippen molar-refractivity contribution in [3.05, 3.63) is 62.1 Å². The normalized spacial score (nSPS) is 11.3. The zero-order chi connectivity index (χ0) is 18.4. The van der Waals surface area contributed by atoms with Crippen LogP contribution < -0.4 is 5.56 Å². The van der Waals surface area contributed by atoms with Crippen LogP contribution in [0.2, 0.25) is 0 Å². The maximum atomic E-state index is 13.0. The molecule has 4 rings (SSSR count). The summed E-state index contributed by atoms with van der Waals surface area (Å²) >= 11 is 3.10. The molecule has 0 atom stereocenters. The van der Waals surface area contributed by atoms with Crippen LogP contribution in [-0.4, -0.2) is 20.3 Å². The molecule has 0 saturated heterocycles. The number of ketones is 1. The zero-order valence-electron chi connectivity index (χ0n) is 14.6. The zero-order valence-corrected chi connectivity index (χ0v) is 16.3. The fourth-order valence-corrected chi connectivity index (χ4v) is 4.96. The van der Waals surface area contributed by atoms with Gasteiger partial charge >= 0.3 is 0 Å². The molecule has 5 nitrogen and oxygen atoms in total. The van der Waals surface area contributed by atoms with E-state index in [-0.39, 0.29) is 17.9 Å². The summed E-state index contributed by atoms with van der Waals surface area (Å²) in [4.78, 5) is 36.1. The predicted molar refractivity (Wildman–Crippen MR) is 107 cm³/mol. The van der Waals surface area contributed by atoms with Crippen molar-refractivity contribution < 1.29 is 4.79 Å². The van der Waals surface area contributed by atoms with Crippen LogP contribution in [0.4, 0.5) is 0 Å². The molecule has 0 amide bonds. The van der Waals surface area contributed by atoms with Crippen molar-refractivity contribution in [2.24, 2.45) is 0 Å². The van der Waals surface area contributed by atoms with E-state index in [0.29, 0.717) is 15.8 Å². The van der Waals surface area contributed by atoms with Crippen LogP contribution in [0.15, 0.2) is 34.7 Å². The molecule has 4 heterocycles. The van der Waals surface area contributed by atoms with Crippen LogP contribution in [0.5, 0.6) is 0 Å². The second-order valence-corrected chi connectivity index (χ2v) is 8.48. The van der Waals surface area contributed by atoms with E-state index in [1.54, 1.807) is 11.3 Å². The summed E-state index contributed by atoms with van der Waals surface area (Å²) in [5.74, 6) is -0.0983. The monoisotopic (exact) mass is 383 g/mol. The van der Waals surface area contributed by atoms with Crippen molar-refractivity contribution in [2.45, 2.75) is 27.3 Å². The molecule has 1 N–H and O–H groups in total. The highest BCUT2D eigenvalue weighted by Crippen LogP contribution is 2.34. The van der Waals surface area contributed by atoms with Crippen LogP contribution in [-0.2, 0) is 6.54 Å². The van der Waals surface area contributed by atoms with E-state index >= 15 is 0 Å². The van der Waals surface area contributed by atoms with Crippen LogP contribution in [0.1, 0.15) is 26.6 Å². The molecule has 0 aliphatic heterocycles. The van der Waals surface area contributed by atoms with E-state index in [9.17, 15) is 9.59 Å². The topological polar surface area (TPSA) is 67.8 Å². The van der Waals surface area contributed by atoms with Gasteiger partial charge in [0.15, 0.2) is 5.78 Å². The van der Waals surface area contributed by atoms with E-state index in [1.807, 2.05) is 44.4 Å². The molecule has 0 aliphatic carbocycles. The molecule has 4 aromatic rings. The lowest BCUT2D eigenvalue weighted by Gasteiger charge is -2.05. The summed E-state index contributed by atoms with van der Waals surface area (Å²) in [6.07, 6.45) is 1.47. The number of H-pyrrole nitrogens is 1.